The first-order valence-electron chi connectivity index (χ1n) is 8.88. The van der Waals surface area contributed by atoms with Crippen LogP contribution in [0.2, 0.25) is 0 Å². The molecule has 0 heterocycles. The minimum atomic E-state index is 0.307. The molecule has 1 atom stereocenters. The zero-order valence-electron chi connectivity index (χ0n) is 15.8. The third-order valence-electron chi connectivity index (χ3n) is 4.60. The maximum Gasteiger partial charge on any atom is 0.123 e. The van der Waals surface area contributed by atoms with Gasteiger partial charge in [0.2, 0.25) is 0 Å². The predicted octanol–water partition coefficient (Wildman–Crippen LogP) is 6.34. The monoisotopic (exact) mass is 327 g/mol. The van der Waals surface area contributed by atoms with Crippen molar-refractivity contribution in [3.05, 3.63) is 71.8 Å². The zero-order chi connectivity index (χ0) is 18.3. The van der Waals surface area contributed by atoms with E-state index in [2.05, 4.69) is 58.8 Å². The number of aliphatic hydroxyl groups is 1. The van der Waals surface area contributed by atoms with E-state index in [1.54, 1.807) is 0 Å². The molecule has 2 N–H and O–H groups in total. The van der Waals surface area contributed by atoms with Gasteiger partial charge in [-0.05, 0) is 60.9 Å². The Hall–Kier alpha value is -1.96. The normalized spacial score (nSPS) is 16.5. The van der Waals surface area contributed by atoms with Crippen LogP contribution < -0.4 is 5.32 Å². The average molecular weight is 328 g/mol. The Bertz CT molecular complexity index is 587. The molecule has 0 aromatic rings. The summed E-state index contributed by atoms with van der Waals surface area (Å²) >= 11 is 0. The van der Waals surface area contributed by atoms with E-state index in [0.29, 0.717) is 17.6 Å². The Balaban J connectivity index is 2.68. The predicted molar refractivity (Wildman–Crippen MR) is 106 cm³/mol. The van der Waals surface area contributed by atoms with Gasteiger partial charge < -0.3 is 10.4 Å². The Morgan fingerprint density at radius 1 is 1.33 bits per heavy atom. The van der Waals surface area contributed by atoms with E-state index in [1.807, 2.05) is 12.3 Å². The second-order valence-corrected chi connectivity index (χ2v) is 6.92. The molecule has 1 rings (SSSR count). The van der Waals surface area contributed by atoms with Gasteiger partial charge in [0.05, 0.1) is 0 Å². The zero-order valence-corrected chi connectivity index (χ0v) is 15.8. The van der Waals surface area contributed by atoms with Crippen LogP contribution in [0.4, 0.5) is 0 Å². The highest BCUT2D eigenvalue weighted by molar-refractivity contribution is 5.54. The van der Waals surface area contributed by atoms with Crippen molar-refractivity contribution in [1.29, 1.82) is 0 Å². The fourth-order valence-corrected chi connectivity index (χ4v) is 2.71. The van der Waals surface area contributed by atoms with Crippen molar-refractivity contribution >= 4 is 0 Å². The fourth-order valence-electron chi connectivity index (χ4n) is 2.71. The molecule has 0 spiro atoms. The van der Waals surface area contributed by atoms with Gasteiger partial charge in [-0.3, -0.25) is 0 Å². The lowest BCUT2D eigenvalue weighted by atomic mass is 9.80. The lowest BCUT2D eigenvalue weighted by Crippen LogP contribution is -2.11. The van der Waals surface area contributed by atoms with E-state index < -0.39 is 0 Å². The molecule has 0 amide bonds. The highest BCUT2D eigenvalue weighted by atomic mass is 16.3. The van der Waals surface area contributed by atoms with Crippen LogP contribution in [0.5, 0.6) is 0 Å². The molecule has 0 aromatic heterocycles. The second-order valence-electron chi connectivity index (χ2n) is 6.92. The van der Waals surface area contributed by atoms with Gasteiger partial charge in [0.25, 0.3) is 0 Å². The molecule has 0 aromatic carbocycles. The molecule has 0 aliphatic heterocycles. The van der Waals surface area contributed by atoms with Crippen molar-refractivity contribution < 1.29 is 5.11 Å². The molecule has 1 unspecified atom stereocenters. The summed E-state index contributed by atoms with van der Waals surface area (Å²) in [6, 6.07) is 0. The summed E-state index contributed by atoms with van der Waals surface area (Å²) in [7, 11) is 0. The minimum absolute atomic E-state index is 0.307. The number of hydrogen-bond acceptors (Lipinski definition) is 2. The highest BCUT2D eigenvalue weighted by Gasteiger charge is 2.22. The van der Waals surface area contributed by atoms with Crippen LogP contribution in [0.1, 0.15) is 53.4 Å². The van der Waals surface area contributed by atoms with Crippen molar-refractivity contribution in [2.45, 2.75) is 53.4 Å². The Morgan fingerprint density at radius 3 is 2.54 bits per heavy atom. The highest BCUT2D eigenvalue weighted by Crippen LogP contribution is 2.37. The summed E-state index contributed by atoms with van der Waals surface area (Å²) in [5.41, 5.74) is 5.07. The maximum atomic E-state index is 10.4. The van der Waals surface area contributed by atoms with Crippen molar-refractivity contribution in [2.75, 3.05) is 0 Å². The van der Waals surface area contributed by atoms with Crippen LogP contribution in [0.25, 0.3) is 0 Å². The summed E-state index contributed by atoms with van der Waals surface area (Å²) < 4.78 is 0. The maximum absolute atomic E-state index is 10.4. The van der Waals surface area contributed by atoms with Crippen LogP contribution in [0.15, 0.2) is 71.8 Å². The first-order valence-corrected chi connectivity index (χ1v) is 8.88. The Labute approximate surface area is 148 Å². The van der Waals surface area contributed by atoms with E-state index >= 15 is 0 Å². The van der Waals surface area contributed by atoms with E-state index in [0.717, 1.165) is 48.1 Å². The molecule has 2 nitrogen and oxygen atoms in total. The van der Waals surface area contributed by atoms with Crippen LogP contribution in [-0.4, -0.2) is 5.11 Å². The lowest BCUT2D eigenvalue weighted by Gasteiger charge is -2.25. The van der Waals surface area contributed by atoms with Crippen molar-refractivity contribution in [3.8, 4) is 0 Å². The van der Waals surface area contributed by atoms with E-state index in [9.17, 15) is 5.11 Å². The summed E-state index contributed by atoms with van der Waals surface area (Å²) in [4.78, 5) is 0. The molecular formula is C22H33NO. The van der Waals surface area contributed by atoms with Gasteiger partial charge in [0.1, 0.15) is 5.76 Å². The van der Waals surface area contributed by atoms with Crippen LogP contribution in [-0.2, 0) is 0 Å². The quantitative estimate of drug-likeness (QED) is 0.518. The smallest absolute Gasteiger partial charge is 0.123 e. The third-order valence-corrected chi connectivity index (χ3v) is 4.60. The summed E-state index contributed by atoms with van der Waals surface area (Å²) in [5, 5.41) is 13.6. The first kappa shape index (κ1) is 20.1. The molecule has 1 aliphatic rings. The summed E-state index contributed by atoms with van der Waals surface area (Å²) in [6.45, 7) is 20.7. The van der Waals surface area contributed by atoms with E-state index in [-0.39, 0.29) is 0 Å². The Kier molecular flexibility index (Phi) is 7.84. The minimum Gasteiger partial charge on any atom is -0.507 e. The molecule has 0 fully saturated rings. The molecule has 2 heteroatoms. The standard InChI is InChI=1S/C22H33NO/c1-8-18(6)23-12-10-9-11-16(4)20-13-17(5)22(21(24)14-20)19(7)15(2)3/h10,12,14-16,23-24H,5-9,11,13H2,1-4H3/b12-10+. The molecular weight excluding hydrogens is 294 g/mol. The number of aliphatic hydroxyl groups excluding tert-OH is 1. The van der Waals surface area contributed by atoms with Crippen molar-refractivity contribution in [2.24, 2.45) is 11.8 Å². The molecule has 0 bridgehead atoms. The molecule has 132 valence electrons. The number of allylic oxidation sites excluding steroid dienone is 7. The van der Waals surface area contributed by atoms with Crippen molar-refractivity contribution in [1.82, 2.24) is 5.32 Å². The van der Waals surface area contributed by atoms with E-state index in [4.69, 9.17) is 0 Å². The average Bonchev–Trinajstić information content (AvgIpc) is 2.52. The molecule has 1 aliphatic carbocycles. The Morgan fingerprint density at radius 2 is 2.00 bits per heavy atom. The number of rotatable bonds is 9. The van der Waals surface area contributed by atoms with E-state index in [1.165, 1.54) is 5.57 Å². The third kappa shape index (κ3) is 5.59. The van der Waals surface area contributed by atoms with Crippen molar-refractivity contribution in [3.63, 3.8) is 0 Å². The molecule has 0 saturated heterocycles. The largest absolute Gasteiger partial charge is 0.507 e. The molecule has 24 heavy (non-hydrogen) atoms. The number of nitrogens with one attached hydrogen (secondary N) is 1. The molecule has 0 saturated carbocycles. The van der Waals surface area contributed by atoms with Gasteiger partial charge in [-0.2, -0.15) is 0 Å². The van der Waals surface area contributed by atoms with Crippen LogP contribution >= 0.6 is 0 Å². The SMILES string of the molecule is C=C(CC)N/C=C/CCC(C)C1=CC(O)=C(C(=C)C(C)C)C(=C)C1. The number of hydrogen-bond donors (Lipinski definition) is 2. The van der Waals surface area contributed by atoms with Gasteiger partial charge >= 0.3 is 0 Å². The van der Waals surface area contributed by atoms with Gasteiger partial charge in [0, 0.05) is 11.3 Å². The first-order chi connectivity index (χ1) is 11.3. The second kappa shape index (κ2) is 9.36. The molecule has 0 radical (unpaired) electrons. The lowest BCUT2D eigenvalue weighted by molar-refractivity contribution is 0.419. The topological polar surface area (TPSA) is 32.3 Å². The van der Waals surface area contributed by atoms with Gasteiger partial charge in [-0.25, -0.2) is 0 Å². The summed E-state index contributed by atoms with van der Waals surface area (Å²) in [6.07, 6.45) is 9.82. The van der Waals surface area contributed by atoms with Crippen LogP contribution in [0.3, 0.4) is 0 Å². The van der Waals surface area contributed by atoms with Crippen LogP contribution in [0, 0.1) is 11.8 Å². The fraction of sp³-hybridized carbons (Fsp3) is 0.455. The van der Waals surface area contributed by atoms with Gasteiger partial charge in [0.15, 0.2) is 0 Å². The van der Waals surface area contributed by atoms with Gasteiger partial charge in [-0.15, -0.1) is 0 Å². The summed E-state index contributed by atoms with van der Waals surface area (Å²) in [5.74, 6) is 1.04. The van der Waals surface area contributed by atoms with Gasteiger partial charge in [-0.1, -0.05) is 59.1 Å².